The fourth-order valence-corrected chi connectivity index (χ4v) is 4.86. The number of esters is 1. The van der Waals surface area contributed by atoms with Crippen LogP contribution in [-0.2, 0) is 9.47 Å². The van der Waals surface area contributed by atoms with E-state index in [1.54, 1.807) is 12.1 Å². The summed E-state index contributed by atoms with van der Waals surface area (Å²) in [7, 11) is 1.89. The van der Waals surface area contributed by atoms with E-state index in [0.717, 1.165) is 29.3 Å². The van der Waals surface area contributed by atoms with Crippen molar-refractivity contribution >= 4 is 11.7 Å². The van der Waals surface area contributed by atoms with Crippen LogP contribution >= 0.6 is 0 Å². The van der Waals surface area contributed by atoms with E-state index in [1.165, 1.54) is 32.1 Å². The van der Waals surface area contributed by atoms with Gasteiger partial charge in [-0.3, -0.25) is 0 Å². The lowest BCUT2D eigenvalue weighted by Gasteiger charge is -2.44. The van der Waals surface area contributed by atoms with Crippen LogP contribution < -0.4 is 10.1 Å². The average Bonchev–Trinajstić information content (AvgIpc) is 2.81. The lowest BCUT2D eigenvalue weighted by molar-refractivity contribution is -0.141. The van der Waals surface area contributed by atoms with Gasteiger partial charge in [-0.25, -0.2) is 4.79 Å². The number of hydrogen-bond donors (Lipinski definition) is 1. The molecule has 172 valence electrons. The summed E-state index contributed by atoms with van der Waals surface area (Å²) in [4.78, 5) is 13.0. The Balaban J connectivity index is 1.58. The Morgan fingerprint density at radius 2 is 1.84 bits per heavy atom. The fourth-order valence-electron chi connectivity index (χ4n) is 4.86. The quantitative estimate of drug-likeness (QED) is 0.526. The molecule has 4 rings (SSSR count). The Morgan fingerprint density at radius 1 is 1.09 bits per heavy atom. The molecule has 1 N–H and O–H groups in total. The van der Waals surface area contributed by atoms with Crippen molar-refractivity contribution in [3.63, 3.8) is 0 Å². The third kappa shape index (κ3) is 5.09. The second-order valence-corrected chi connectivity index (χ2v) is 9.48. The van der Waals surface area contributed by atoms with E-state index >= 15 is 0 Å². The van der Waals surface area contributed by atoms with Gasteiger partial charge in [0.25, 0.3) is 0 Å². The molecule has 2 atom stereocenters. The number of benzene rings is 2. The van der Waals surface area contributed by atoms with Crippen molar-refractivity contribution in [3.05, 3.63) is 59.7 Å². The van der Waals surface area contributed by atoms with Crippen molar-refractivity contribution in [3.8, 4) is 5.75 Å². The molecule has 2 unspecified atom stereocenters. The number of hydrogen-bond acceptors (Lipinski definition) is 5. The lowest BCUT2D eigenvalue weighted by Crippen LogP contribution is -2.51. The summed E-state index contributed by atoms with van der Waals surface area (Å²) < 4.78 is 18.9. The highest BCUT2D eigenvalue weighted by Gasteiger charge is 2.47. The van der Waals surface area contributed by atoms with E-state index in [9.17, 15) is 4.79 Å². The van der Waals surface area contributed by atoms with Gasteiger partial charge in [-0.2, -0.15) is 0 Å². The largest absolute Gasteiger partial charge is 0.483 e. The number of fused-ring (bicyclic) bond motifs is 1. The maximum Gasteiger partial charge on any atom is 0.338 e. The second-order valence-electron chi connectivity index (χ2n) is 9.48. The topological polar surface area (TPSA) is 56.8 Å². The van der Waals surface area contributed by atoms with E-state index in [4.69, 9.17) is 14.2 Å². The van der Waals surface area contributed by atoms with Crippen molar-refractivity contribution in [2.75, 3.05) is 19.0 Å². The van der Waals surface area contributed by atoms with Gasteiger partial charge in [0.15, 0.2) is 6.10 Å². The van der Waals surface area contributed by atoms with E-state index in [1.807, 2.05) is 57.3 Å². The van der Waals surface area contributed by atoms with Gasteiger partial charge < -0.3 is 19.5 Å². The highest BCUT2D eigenvalue weighted by Crippen LogP contribution is 2.45. The van der Waals surface area contributed by atoms with Crippen molar-refractivity contribution in [2.24, 2.45) is 5.92 Å². The van der Waals surface area contributed by atoms with Gasteiger partial charge in [-0.15, -0.1) is 0 Å². The molecule has 32 heavy (non-hydrogen) atoms. The van der Waals surface area contributed by atoms with E-state index < -0.39 is 17.8 Å². The third-order valence-electron chi connectivity index (χ3n) is 6.73. The van der Waals surface area contributed by atoms with Gasteiger partial charge in [0.1, 0.15) is 17.5 Å². The summed E-state index contributed by atoms with van der Waals surface area (Å²) in [6.45, 7) is 4.57. The van der Waals surface area contributed by atoms with Gasteiger partial charge in [0.05, 0.1) is 5.56 Å². The zero-order valence-electron chi connectivity index (χ0n) is 19.4. The minimum Gasteiger partial charge on any atom is -0.483 e. The lowest BCUT2D eigenvalue weighted by atomic mass is 9.86. The van der Waals surface area contributed by atoms with Crippen LogP contribution in [0.4, 0.5) is 5.69 Å². The summed E-state index contributed by atoms with van der Waals surface area (Å²) >= 11 is 0. The molecule has 0 spiro atoms. The molecule has 1 saturated carbocycles. The van der Waals surface area contributed by atoms with Gasteiger partial charge in [0, 0.05) is 24.9 Å². The summed E-state index contributed by atoms with van der Waals surface area (Å²) in [5.74, 6) is 1.15. The molecule has 0 amide bonds. The number of carbonyl (C=O) groups is 1. The first kappa shape index (κ1) is 22.7. The minimum absolute atomic E-state index is 0.360. The molecule has 2 aromatic rings. The number of ether oxygens (including phenoxy) is 3. The highest BCUT2D eigenvalue weighted by molar-refractivity contribution is 5.89. The Morgan fingerprint density at radius 3 is 2.56 bits per heavy atom. The van der Waals surface area contributed by atoms with Crippen LogP contribution in [0.3, 0.4) is 0 Å². The Kier molecular flexibility index (Phi) is 7.04. The minimum atomic E-state index is -0.728. The summed E-state index contributed by atoms with van der Waals surface area (Å²) in [6.07, 6.45) is 6.65. The Labute approximate surface area is 191 Å². The monoisotopic (exact) mass is 437 g/mol. The zero-order chi connectivity index (χ0) is 22.6. The molecule has 0 saturated heterocycles. The first-order chi connectivity index (χ1) is 15.5. The fraction of sp³-hybridized carbons (Fsp3) is 0.519. The summed E-state index contributed by atoms with van der Waals surface area (Å²) in [5, 5.41) is 3.19. The molecule has 1 fully saturated rings. The van der Waals surface area contributed by atoms with Crippen molar-refractivity contribution in [2.45, 2.75) is 70.2 Å². The number of carbonyl (C=O) groups excluding carboxylic acids is 1. The SMILES string of the molecule is CNc1ccc2c(c1)C(OCCC1CCCCC1)C(OC(=O)c1ccccc1)C(C)(C)O2. The molecular formula is C27H35NO4. The standard InChI is InChI=1S/C27H35NO4/c1-27(2)25(31-26(29)20-12-8-5-9-13-20)24(30-17-16-19-10-6-4-7-11-19)22-18-21(28-3)14-15-23(22)32-27/h5,8-9,12-15,18-19,24-25,28H,4,6-7,10-11,16-17H2,1-3H3. The van der Waals surface area contributed by atoms with Crippen LogP contribution in [-0.4, -0.2) is 31.3 Å². The number of rotatable bonds is 7. The molecule has 0 bridgehead atoms. The van der Waals surface area contributed by atoms with E-state index in [-0.39, 0.29) is 5.97 Å². The van der Waals surface area contributed by atoms with Crippen LogP contribution in [0.5, 0.6) is 5.75 Å². The van der Waals surface area contributed by atoms with Crippen molar-refractivity contribution in [1.29, 1.82) is 0 Å². The Hall–Kier alpha value is -2.53. The average molecular weight is 438 g/mol. The van der Waals surface area contributed by atoms with Crippen LogP contribution in [0.25, 0.3) is 0 Å². The molecule has 1 aliphatic heterocycles. The molecule has 2 aliphatic rings. The summed E-state index contributed by atoms with van der Waals surface area (Å²) in [6, 6.07) is 15.1. The molecule has 5 nitrogen and oxygen atoms in total. The van der Waals surface area contributed by atoms with Gasteiger partial charge in [-0.1, -0.05) is 50.3 Å². The van der Waals surface area contributed by atoms with Crippen molar-refractivity contribution < 1.29 is 19.0 Å². The molecule has 0 radical (unpaired) electrons. The van der Waals surface area contributed by atoms with Gasteiger partial charge in [-0.05, 0) is 56.5 Å². The molecule has 2 aromatic carbocycles. The third-order valence-corrected chi connectivity index (χ3v) is 6.73. The maximum absolute atomic E-state index is 13.0. The number of anilines is 1. The zero-order valence-corrected chi connectivity index (χ0v) is 19.4. The predicted molar refractivity (Wildman–Crippen MR) is 126 cm³/mol. The van der Waals surface area contributed by atoms with Crippen LogP contribution in [0.15, 0.2) is 48.5 Å². The van der Waals surface area contributed by atoms with E-state index in [2.05, 4.69) is 5.32 Å². The highest BCUT2D eigenvalue weighted by atomic mass is 16.6. The predicted octanol–water partition coefficient (Wildman–Crippen LogP) is 6.15. The Bertz CT molecular complexity index is 905. The van der Waals surface area contributed by atoms with Crippen LogP contribution in [0, 0.1) is 5.92 Å². The van der Waals surface area contributed by atoms with Gasteiger partial charge >= 0.3 is 5.97 Å². The van der Waals surface area contributed by atoms with Crippen LogP contribution in [0.1, 0.15) is 74.4 Å². The maximum atomic E-state index is 13.0. The summed E-state index contributed by atoms with van der Waals surface area (Å²) in [5.41, 5.74) is 1.69. The molecule has 0 aromatic heterocycles. The van der Waals surface area contributed by atoms with Crippen molar-refractivity contribution in [1.82, 2.24) is 0 Å². The first-order valence-electron chi connectivity index (χ1n) is 11.9. The smallest absolute Gasteiger partial charge is 0.338 e. The van der Waals surface area contributed by atoms with Gasteiger partial charge in [0.2, 0.25) is 0 Å². The van der Waals surface area contributed by atoms with Crippen LogP contribution in [0.2, 0.25) is 0 Å². The number of nitrogens with one attached hydrogen (secondary N) is 1. The normalized spacial score (nSPS) is 22.5. The first-order valence-corrected chi connectivity index (χ1v) is 11.9. The second kappa shape index (κ2) is 9.95. The van der Waals surface area contributed by atoms with E-state index in [0.29, 0.717) is 12.2 Å². The molecule has 5 heteroatoms. The molecule has 1 aliphatic carbocycles. The molecule has 1 heterocycles. The molecular weight excluding hydrogens is 402 g/mol.